The van der Waals surface area contributed by atoms with Crippen molar-refractivity contribution in [3.05, 3.63) is 71.4 Å². The van der Waals surface area contributed by atoms with Gasteiger partial charge in [0.05, 0.1) is 24.4 Å². The molecule has 1 aliphatic carbocycles. The highest BCUT2D eigenvalue weighted by Gasteiger charge is 2.27. The molecule has 1 heterocycles. The zero-order valence-electron chi connectivity index (χ0n) is 20.4. The van der Waals surface area contributed by atoms with Crippen molar-refractivity contribution in [3.8, 4) is 11.1 Å². The number of carbonyl (C=O) groups is 1. The maximum atomic E-state index is 13.2. The van der Waals surface area contributed by atoms with Crippen LogP contribution < -0.4 is 11.5 Å². The molecule has 0 radical (unpaired) electrons. The number of ether oxygens (including phenoxy) is 1. The Hall–Kier alpha value is -3.80. The number of esters is 1. The van der Waals surface area contributed by atoms with Gasteiger partial charge in [0.15, 0.2) is 5.96 Å². The first kappa shape index (κ1) is 23.0. The van der Waals surface area contributed by atoms with E-state index in [9.17, 15) is 4.79 Å². The fourth-order valence-electron chi connectivity index (χ4n) is 5.60. The number of benzene rings is 3. The topological polar surface area (TPSA) is 95.6 Å². The molecule has 6 heteroatoms. The van der Waals surface area contributed by atoms with Crippen molar-refractivity contribution in [2.24, 2.45) is 23.5 Å². The largest absolute Gasteiger partial charge is 0.462 e. The molecule has 1 aliphatic rings. The zero-order valence-corrected chi connectivity index (χ0v) is 20.4. The van der Waals surface area contributed by atoms with Crippen molar-refractivity contribution < 1.29 is 9.53 Å². The second kappa shape index (κ2) is 9.45. The summed E-state index contributed by atoms with van der Waals surface area (Å²) < 4.78 is 7.50. The van der Waals surface area contributed by atoms with Crippen LogP contribution in [-0.2, 0) is 18.3 Å². The van der Waals surface area contributed by atoms with Gasteiger partial charge >= 0.3 is 5.97 Å². The van der Waals surface area contributed by atoms with E-state index in [0.717, 1.165) is 29.4 Å². The quantitative estimate of drug-likeness (QED) is 0.218. The summed E-state index contributed by atoms with van der Waals surface area (Å²) >= 11 is 0. The highest BCUT2D eigenvalue weighted by atomic mass is 16.5. The molecule has 1 saturated carbocycles. The lowest BCUT2D eigenvalue weighted by atomic mass is 9.86. The summed E-state index contributed by atoms with van der Waals surface area (Å²) in [5, 5.41) is 3.35. The average Bonchev–Trinajstić information content (AvgIpc) is 3.48. The predicted octanol–water partition coefficient (Wildman–Crippen LogP) is 5.61. The summed E-state index contributed by atoms with van der Waals surface area (Å²) in [5.74, 6) is 0.118. The van der Waals surface area contributed by atoms with E-state index in [2.05, 4.69) is 59.6 Å². The SMILES string of the molecule is CCOC(=O)c1c(CN=C(N)N)n(C)c2cc(-c3cccc4ccccc34)c(C3CCCC3)cc12. The smallest absolute Gasteiger partial charge is 0.340 e. The van der Waals surface area contributed by atoms with Gasteiger partial charge in [-0.15, -0.1) is 0 Å². The monoisotopic (exact) mass is 468 g/mol. The molecule has 0 unspecified atom stereocenters. The Labute approximate surface area is 205 Å². The van der Waals surface area contributed by atoms with Crippen molar-refractivity contribution in [3.63, 3.8) is 0 Å². The zero-order chi connectivity index (χ0) is 24.5. The minimum atomic E-state index is -0.339. The maximum absolute atomic E-state index is 13.2. The molecule has 1 fully saturated rings. The van der Waals surface area contributed by atoms with Crippen molar-refractivity contribution in [1.29, 1.82) is 0 Å². The van der Waals surface area contributed by atoms with E-state index in [1.165, 1.54) is 40.3 Å². The van der Waals surface area contributed by atoms with Crippen LogP contribution in [0.15, 0.2) is 59.6 Å². The third-order valence-electron chi connectivity index (χ3n) is 7.26. The Kier molecular flexibility index (Phi) is 6.20. The van der Waals surface area contributed by atoms with Crippen LogP contribution in [0.2, 0.25) is 0 Å². The Morgan fingerprint density at radius 3 is 2.51 bits per heavy atom. The predicted molar refractivity (Wildman–Crippen MR) is 143 cm³/mol. The fourth-order valence-corrected chi connectivity index (χ4v) is 5.60. The van der Waals surface area contributed by atoms with Crippen molar-refractivity contribution in [2.75, 3.05) is 6.61 Å². The summed E-state index contributed by atoms with van der Waals surface area (Å²) in [4.78, 5) is 17.4. The maximum Gasteiger partial charge on any atom is 0.340 e. The Morgan fingerprint density at radius 2 is 1.77 bits per heavy atom. The third kappa shape index (κ3) is 4.14. The minimum absolute atomic E-state index is 0.00634. The van der Waals surface area contributed by atoms with Crippen molar-refractivity contribution >= 4 is 33.6 Å². The van der Waals surface area contributed by atoms with Gasteiger partial charge in [0, 0.05) is 18.0 Å². The highest BCUT2D eigenvalue weighted by Crippen LogP contribution is 2.44. The summed E-state index contributed by atoms with van der Waals surface area (Å²) in [5.41, 5.74) is 17.3. The second-order valence-corrected chi connectivity index (χ2v) is 9.31. The van der Waals surface area contributed by atoms with Gasteiger partial charge in [-0.3, -0.25) is 0 Å². The minimum Gasteiger partial charge on any atom is -0.462 e. The van der Waals surface area contributed by atoms with E-state index >= 15 is 0 Å². The van der Waals surface area contributed by atoms with E-state index in [-0.39, 0.29) is 18.5 Å². The van der Waals surface area contributed by atoms with Gasteiger partial charge in [-0.1, -0.05) is 55.3 Å². The number of carbonyl (C=O) groups excluding carboxylic acids is 1. The Bertz CT molecular complexity index is 1440. The summed E-state index contributed by atoms with van der Waals surface area (Å²) in [6, 6.07) is 19.5. The Balaban J connectivity index is 1.82. The molecule has 180 valence electrons. The van der Waals surface area contributed by atoms with Crippen LogP contribution in [0.4, 0.5) is 0 Å². The molecule has 4 aromatic rings. The lowest BCUT2D eigenvalue weighted by Crippen LogP contribution is -2.23. The first-order valence-electron chi connectivity index (χ1n) is 12.4. The number of hydrogen-bond acceptors (Lipinski definition) is 3. The van der Waals surface area contributed by atoms with Gasteiger partial charge in [-0.05, 0) is 65.3 Å². The number of nitrogens with two attached hydrogens (primary N) is 2. The number of aryl methyl sites for hydroxylation is 1. The van der Waals surface area contributed by atoms with Crippen LogP contribution in [0.5, 0.6) is 0 Å². The molecule has 35 heavy (non-hydrogen) atoms. The summed E-state index contributed by atoms with van der Waals surface area (Å²) in [6.45, 7) is 2.34. The van der Waals surface area contributed by atoms with E-state index in [0.29, 0.717) is 18.1 Å². The van der Waals surface area contributed by atoms with Gasteiger partial charge in [0.1, 0.15) is 0 Å². The molecule has 0 atom stereocenters. The number of aliphatic imine (C=N–C) groups is 1. The number of nitrogens with zero attached hydrogens (tertiary/aromatic N) is 2. The summed E-state index contributed by atoms with van der Waals surface area (Å²) in [6.07, 6.45) is 4.78. The fraction of sp³-hybridized carbons (Fsp3) is 0.310. The molecule has 6 nitrogen and oxygen atoms in total. The van der Waals surface area contributed by atoms with Crippen LogP contribution in [0.3, 0.4) is 0 Å². The molecule has 1 aromatic heterocycles. The molecule has 0 spiro atoms. The second-order valence-electron chi connectivity index (χ2n) is 9.31. The number of rotatable bonds is 6. The molecule has 3 aromatic carbocycles. The summed E-state index contributed by atoms with van der Waals surface area (Å²) in [7, 11) is 1.96. The molecule has 0 amide bonds. The lowest BCUT2D eigenvalue weighted by molar-refractivity contribution is 0.0527. The van der Waals surface area contributed by atoms with Crippen LogP contribution in [0.25, 0.3) is 32.8 Å². The number of hydrogen-bond donors (Lipinski definition) is 2. The molecular weight excluding hydrogens is 436 g/mol. The first-order chi connectivity index (χ1) is 17.0. The van der Waals surface area contributed by atoms with Crippen LogP contribution >= 0.6 is 0 Å². The first-order valence-corrected chi connectivity index (χ1v) is 12.4. The van der Waals surface area contributed by atoms with Gasteiger partial charge in [0.2, 0.25) is 0 Å². The van der Waals surface area contributed by atoms with E-state index < -0.39 is 0 Å². The van der Waals surface area contributed by atoms with Gasteiger partial charge < -0.3 is 20.8 Å². The average molecular weight is 469 g/mol. The van der Waals surface area contributed by atoms with Crippen LogP contribution in [0, 0.1) is 0 Å². The molecule has 0 saturated heterocycles. The van der Waals surface area contributed by atoms with Crippen molar-refractivity contribution in [2.45, 2.75) is 45.1 Å². The molecule has 5 rings (SSSR count). The number of aromatic nitrogens is 1. The Morgan fingerprint density at radius 1 is 1.03 bits per heavy atom. The van der Waals surface area contributed by atoms with Crippen LogP contribution in [-0.4, -0.2) is 23.1 Å². The molecule has 0 bridgehead atoms. The molecule has 0 aliphatic heterocycles. The standard InChI is InChI=1S/C29H32N4O2/c1-3-35-28(34)27-24-15-22(19-10-4-5-11-19)23(16-25(24)33(2)26(27)17-32-29(30)31)21-14-8-12-18-9-6-7-13-20(18)21/h6-9,12-16,19H,3-5,10-11,17H2,1-2H3,(H4,30,31,32). The van der Waals surface area contributed by atoms with Gasteiger partial charge in [-0.2, -0.15) is 0 Å². The van der Waals surface area contributed by atoms with E-state index in [4.69, 9.17) is 16.2 Å². The molecular formula is C29H32N4O2. The number of guanidine groups is 1. The van der Waals surface area contributed by atoms with E-state index in [1.54, 1.807) is 0 Å². The van der Waals surface area contributed by atoms with E-state index in [1.807, 2.05) is 18.5 Å². The number of fused-ring (bicyclic) bond motifs is 2. The third-order valence-corrected chi connectivity index (χ3v) is 7.26. The van der Waals surface area contributed by atoms with Gasteiger partial charge in [-0.25, -0.2) is 9.79 Å². The highest BCUT2D eigenvalue weighted by molar-refractivity contribution is 6.08. The lowest BCUT2D eigenvalue weighted by Gasteiger charge is -2.18. The molecule has 4 N–H and O–H groups in total. The van der Waals surface area contributed by atoms with Gasteiger partial charge in [0.25, 0.3) is 0 Å². The van der Waals surface area contributed by atoms with Crippen molar-refractivity contribution in [1.82, 2.24) is 4.57 Å². The normalized spacial score (nSPS) is 14.0. The van der Waals surface area contributed by atoms with Crippen LogP contribution in [0.1, 0.15) is 60.1 Å².